The largest absolute Gasteiger partial charge is 0.386 e. The van der Waals surface area contributed by atoms with Crippen LogP contribution in [0.1, 0.15) is 34.6 Å². The van der Waals surface area contributed by atoms with E-state index in [-0.39, 0.29) is 16.5 Å². The number of ketones is 1. The molecule has 0 unspecified atom stereocenters. The van der Waals surface area contributed by atoms with Crippen molar-refractivity contribution in [2.45, 2.75) is 19.4 Å². The van der Waals surface area contributed by atoms with Crippen molar-refractivity contribution in [1.29, 1.82) is 0 Å². The second-order valence-corrected chi connectivity index (χ2v) is 5.58. The van der Waals surface area contributed by atoms with Gasteiger partial charge >= 0.3 is 0 Å². The molecule has 0 fully saturated rings. The highest BCUT2D eigenvalue weighted by Crippen LogP contribution is 2.27. The van der Waals surface area contributed by atoms with E-state index in [2.05, 4.69) is 9.97 Å². The van der Waals surface area contributed by atoms with Gasteiger partial charge in [0, 0.05) is 6.20 Å². The third-order valence-electron chi connectivity index (χ3n) is 2.44. The zero-order valence-corrected chi connectivity index (χ0v) is 11.4. The lowest BCUT2D eigenvalue weighted by Crippen LogP contribution is -2.14. The predicted molar refractivity (Wildman–Crippen MR) is 70.0 cm³/mol. The maximum Gasteiger partial charge on any atom is 0.207 e. The number of halogens is 1. The average Bonchev–Trinajstić information content (AvgIpc) is 2.77. The second-order valence-electron chi connectivity index (χ2n) is 4.31. The van der Waals surface area contributed by atoms with Crippen LogP contribution in [0.2, 0.25) is 5.15 Å². The van der Waals surface area contributed by atoms with Crippen LogP contribution >= 0.6 is 22.9 Å². The molecular weight excluding hydrogens is 272 g/mol. The fourth-order valence-electron chi connectivity index (χ4n) is 1.38. The van der Waals surface area contributed by atoms with Crippen LogP contribution in [-0.2, 0) is 5.60 Å². The standard InChI is InChI=1S/C12H11ClN2O2S/c1-12(2,17)7-3-9(18-5-7)10(16)8-4-14-6-15-11(8)13/h3-6,17H,1-2H3. The Bertz CT molecular complexity index is 590. The molecule has 0 bridgehead atoms. The first-order valence-electron chi connectivity index (χ1n) is 5.21. The van der Waals surface area contributed by atoms with Gasteiger partial charge in [0.15, 0.2) is 0 Å². The molecule has 2 rings (SSSR count). The van der Waals surface area contributed by atoms with E-state index in [9.17, 15) is 9.90 Å². The van der Waals surface area contributed by atoms with Gasteiger partial charge in [0.1, 0.15) is 11.5 Å². The van der Waals surface area contributed by atoms with Crippen molar-refractivity contribution in [1.82, 2.24) is 9.97 Å². The molecule has 2 aromatic rings. The highest BCUT2D eigenvalue weighted by molar-refractivity contribution is 7.12. The molecular formula is C12H11ClN2O2S. The van der Waals surface area contributed by atoms with E-state index in [1.54, 1.807) is 25.3 Å². The van der Waals surface area contributed by atoms with E-state index in [4.69, 9.17) is 11.6 Å². The maximum atomic E-state index is 12.2. The molecule has 0 aliphatic heterocycles. The minimum Gasteiger partial charge on any atom is -0.386 e. The number of thiophene rings is 1. The first-order valence-corrected chi connectivity index (χ1v) is 6.47. The van der Waals surface area contributed by atoms with E-state index < -0.39 is 5.60 Å². The van der Waals surface area contributed by atoms with Gasteiger partial charge in [0.25, 0.3) is 0 Å². The Labute approximate surface area is 113 Å². The molecule has 0 aliphatic rings. The first kappa shape index (κ1) is 13.1. The van der Waals surface area contributed by atoms with Crippen molar-refractivity contribution in [3.63, 3.8) is 0 Å². The second kappa shape index (κ2) is 4.76. The molecule has 0 aliphatic carbocycles. The third kappa shape index (κ3) is 2.58. The summed E-state index contributed by atoms with van der Waals surface area (Å²) < 4.78 is 0. The molecule has 0 saturated carbocycles. The summed E-state index contributed by atoms with van der Waals surface area (Å²) in [6, 6.07) is 1.66. The van der Waals surface area contributed by atoms with Crippen LogP contribution in [0, 0.1) is 0 Å². The molecule has 0 atom stereocenters. The van der Waals surface area contributed by atoms with Gasteiger partial charge in [0.2, 0.25) is 5.78 Å². The van der Waals surface area contributed by atoms with Crippen molar-refractivity contribution in [2.75, 3.05) is 0 Å². The van der Waals surface area contributed by atoms with Gasteiger partial charge in [0.05, 0.1) is 16.0 Å². The summed E-state index contributed by atoms with van der Waals surface area (Å²) >= 11 is 7.11. The molecule has 6 heteroatoms. The summed E-state index contributed by atoms with van der Waals surface area (Å²) in [5, 5.41) is 11.7. The average molecular weight is 283 g/mol. The summed E-state index contributed by atoms with van der Waals surface area (Å²) in [5.74, 6) is -0.235. The molecule has 0 radical (unpaired) electrons. The Morgan fingerprint density at radius 3 is 2.78 bits per heavy atom. The van der Waals surface area contributed by atoms with Crippen molar-refractivity contribution in [3.05, 3.63) is 45.1 Å². The highest BCUT2D eigenvalue weighted by Gasteiger charge is 2.21. The molecule has 0 aromatic carbocycles. The number of hydrogen-bond acceptors (Lipinski definition) is 5. The summed E-state index contributed by atoms with van der Waals surface area (Å²) in [4.78, 5) is 20.2. The van der Waals surface area contributed by atoms with Crippen LogP contribution in [0.25, 0.3) is 0 Å². The Morgan fingerprint density at radius 2 is 2.22 bits per heavy atom. The number of carbonyl (C=O) groups is 1. The Kier molecular flexibility index (Phi) is 3.47. The van der Waals surface area contributed by atoms with E-state index in [1.807, 2.05) is 0 Å². The summed E-state index contributed by atoms with van der Waals surface area (Å²) in [6.45, 7) is 3.34. The lowest BCUT2D eigenvalue weighted by molar-refractivity contribution is 0.0790. The topological polar surface area (TPSA) is 63.1 Å². The zero-order chi connectivity index (χ0) is 13.3. The normalized spacial score (nSPS) is 11.6. The third-order valence-corrected chi connectivity index (χ3v) is 3.67. The van der Waals surface area contributed by atoms with Gasteiger partial charge in [-0.05, 0) is 30.9 Å². The van der Waals surface area contributed by atoms with Crippen LogP contribution in [-0.4, -0.2) is 20.9 Å². The Balaban J connectivity index is 2.36. The van der Waals surface area contributed by atoms with Crippen LogP contribution in [0.4, 0.5) is 0 Å². The number of nitrogens with zero attached hydrogens (tertiary/aromatic N) is 2. The Hall–Kier alpha value is -1.30. The van der Waals surface area contributed by atoms with Crippen LogP contribution in [0.5, 0.6) is 0 Å². The van der Waals surface area contributed by atoms with Gasteiger partial charge < -0.3 is 5.11 Å². The first-order chi connectivity index (χ1) is 8.39. The SMILES string of the molecule is CC(C)(O)c1csc(C(=O)c2cncnc2Cl)c1. The highest BCUT2D eigenvalue weighted by atomic mass is 35.5. The van der Waals surface area contributed by atoms with Crippen molar-refractivity contribution in [3.8, 4) is 0 Å². The molecule has 4 nitrogen and oxygen atoms in total. The number of hydrogen-bond donors (Lipinski definition) is 1. The molecule has 18 heavy (non-hydrogen) atoms. The van der Waals surface area contributed by atoms with E-state index in [0.717, 1.165) is 0 Å². The van der Waals surface area contributed by atoms with Crippen LogP contribution in [0.15, 0.2) is 24.0 Å². The predicted octanol–water partition coefficient (Wildman–Crippen LogP) is 2.65. The molecule has 94 valence electrons. The van der Waals surface area contributed by atoms with Crippen molar-refractivity contribution in [2.24, 2.45) is 0 Å². The molecule has 0 saturated heterocycles. The monoisotopic (exact) mass is 282 g/mol. The number of rotatable bonds is 3. The van der Waals surface area contributed by atoms with Crippen LogP contribution in [0.3, 0.4) is 0 Å². The summed E-state index contributed by atoms with van der Waals surface area (Å²) in [5.41, 5.74) is -0.00132. The Morgan fingerprint density at radius 1 is 1.50 bits per heavy atom. The van der Waals surface area contributed by atoms with E-state index in [1.165, 1.54) is 23.9 Å². The van der Waals surface area contributed by atoms with E-state index >= 15 is 0 Å². The molecule has 0 amide bonds. The minimum absolute atomic E-state index is 0.133. The maximum absolute atomic E-state index is 12.2. The lowest BCUT2D eigenvalue weighted by atomic mass is 10.0. The van der Waals surface area contributed by atoms with Crippen molar-refractivity contribution < 1.29 is 9.90 Å². The van der Waals surface area contributed by atoms with E-state index in [0.29, 0.717) is 10.4 Å². The number of aromatic nitrogens is 2. The minimum atomic E-state index is -0.966. The fourth-order valence-corrected chi connectivity index (χ4v) is 2.58. The fraction of sp³-hybridized carbons (Fsp3) is 0.250. The molecule has 2 heterocycles. The summed E-state index contributed by atoms with van der Waals surface area (Å²) in [6.07, 6.45) is 2.68. The summed E-state index contributed by atoms with van der Waals surface area (Å²) in [7, 11) is 0. The van der Waals surface area contributed by atoms with Gasteiger partial charge in [-0.3, -0.25) is 4.79 Å². The van der Waals surface area contributed by atoms with Gasteiger partial charge in [-0.15, -0.1) is 11.3 Å². The van der Waals surface area contributed by atoms with Gasteiger partial charge in [-0.1, -0.05) is 11.6 Å². The zero-order valence-electron chi connectivity index (χ0n) is 9.85. The lowest BCUT2D eigenvalue weighted by Gasteiger charge is -2.14. The van der Waals surface area contributed by atoms with Gasteiger partial charge in [-0.2, -0.15) is 0 Å². The molecule has 2 aromatic heterocycles. The molecule has 1 N–H and O–H groups in total. The molecule has 0 spiro atoms. The smallest absolute Gasteiger partial charge is 0.207 e. The quantitative estimate of drug-likeness (QED) is 0.694. The number of aliphatic hydroxyl groups is 1. The number of carbonyl (C=O) groups excluding carboxylic acids is 1. The van der Waals surface area contributed by atoms with Crippen molar-refractivity contribution >= 4 is 28.7 Å². The van der Waals surface area contributed by atoms with Gasteiger partial charge in [-0.25, -0.2) is 9.97 Å². The van der Waals surface area contributed by atoms with Crippen LogP contribution < -0.4 is 0 Å².